The van der Waals surface area contributed by atoms with E-state index in [4.69, 9.17) is 0 Å². The van der Waals surface area contributed by atoms with Gasteiger partial charge in [0.05, 0.1) is 0 Å². The molecule has 0 radical (unpaired) electrons. The van der Waals surface area contributed by atoms with Crippen LogP contribution < -0.4 is 5.32 Å². The van der Waals surface area contributed by atoms with Gasteiger partial charge in [-0.3, -0.25) is 0 Å². The third-order valence-electron chi connectivity index (χ3n) is 3.90. The van der Waals surface area contributed by atoms with Crippen LogP contribution >= 0.6 is 11.8 Å². The van der Waals surface area contributed by atoms with Gasteiger partial charge in [-0.25, -0.2) is 9.59 Å². The molecular weight excluding hydrogens is 276 g/mol. The number of thioether (sulfide) groups is 1. The van der Waals surface area contributed by atoms with Gasteiger partial charge in [-0.15, -0.1) is 0 Å². The van der Waals surface area contributed by atoms with Gasteiger partial charge < -0.3 is 15.3 Å². The van der Waals surface area contributed by atoms with Crippen LogP contribution in [0, 0.1) is 0 Å². The van der Waals surface area contributed by atoms with Crippen LogP contribution in [0.4, 0.5) is 4.79 Å². The predicted molar refractivity (Wildman–Crippen MR) is 82.2 cm³/mol. The smallest absolute Gasteiger partial charge is 0.329 e. The first-order chi connectivity index (χ1) is 9.52. The van der Waals surface area contributed by atoms with Gasteiger partial charge >= 0.3 is 12.0 Å². The molecule has 0 aliphatic carbocycles. The number of rotatable bonds is 7. The summed E-state index contributed by atoms with van der Waals surface area (Å²) in [6, 6.07) is -0.237. The second kappa shape index (κ2) is 8.39. The number of carbonyl (C=O) groups excluding carboxylic acids is 1. The Labute approximate surface area is 125 Å². The topological polar surface area (TPSA) is 69.6 Å². The van der Waals surface area contributed by atoms with Gasteiger partial charge in [0.1, 0.15) is 5.54 Å². The Morgan fingerprint density at radius 3 is 2.70 bits per heavy atom. The molecule has 20 heavy (non-hydrogen) atoms. The van der Waals surface area contributed by atoms with Crippen molar-refractivity contribution < 1.29 is 14.7 Å². The first-order valence-corrected chi connectivity index (χ1v) is 8.69. The van der Waals surface area contributed by atoms with Crippen molar-refractivity contribution in [2.24, 2.45) is 0 Å². The minimum Gasteiger partial charge on any atom is -0.480 e. The number of amides is 2. The Hall–Kier alpha value is -0.910. The quantitative estimate of drug-likeness (QED) is 0.709. The molecule has 0 aromatic carbocycles. The molecule has 2 amide bonds. The number of likely N-dealkylation sites (tertiary alicyclic amines) is 1. The Kier molecular flexibility index (Phi) is 7.19. The van der Waals surface area contributed by atoms with Gasteiger partial charge in [-0.05, 0) is 51.0 Å². The monoisotopic (exact) mass is 302 g/mol. The summed E-state index contributed by atoms with van der Waals surface area (Å²) in [5, 5.41) is 12.2. The first-order valence-electron chi connectivity index (χ1n) is 7.30. The molecular formula is C14H26N2O3S. The summed E-state index contributed by atoms with van der Waals surface area (Å²) in [6.07, 6.45) is 7.56. The van der Waals surface area contributed by atoms with Gasteiger partial charge in [-0.2, -0.15) is 11.8 Å². The van der Waals surface area contributed by atoms with Crippen molar-refractivity contribution >= 4 is 23.8 Å². The van der Waals surface area contributed by atoms with Crippen LogP contribution in [0.5, 0.6) is 0 Å². The zero-order valence-corrected chi connectivity index (χ0v) is 13.3. The van der Waals surface area contributed by atoms with E-state index >= 15 is 0 Å². The van der Waals surface area contributed by atoms with Crippen molar-refractivity contribution in [3.8, 4) is 0 Å². The maximum Gasteiger partial charge on any atom is 0.329 e. The predicted octanol–water partition coefficient (Wildman–Crippen LogP) is 2.56. The molecule has 0 aromatic rings. The number of piperidine rings is 1. The lowest BCUT2D eigenvalue weighted by Crippen LogP contribution is -2.60. The number of hydrogen-bond donors (Lipinski definition) is 2. The molecule has 5 nitrogen and oxygen atoms in total. The average Bonchev–Trinajstić information content (AvgIpc) is 2.42. The maximum absolute atomic E-state index is 12.2. The lowest BCUT2D eigenvalue weighted by Gasteiger charge is -2.41. The summed E-state index contributed by atoms with van der Waals surface area (Å²) in [6.45, 7) is 2.80. The number of carboxylic acid groups (broad SMARTS) is 1. The zero-order valence-electron chi connectivity index (χ0n) is 12.5. The van der Waals surface area contributed by atoms with Crippen LogP contribution in [-0.2, 0) is 4.79 Å². The minimum absolute atomic E-state index is 0.237. The Balaban J connectivity index is 2.38. The van der Waals surface area contributed by atoms with Gasteiger partial charge in [0.2, 0.25) is 0 Å². The Morgan fingerprint density at radius 2 is 2.05 bits per heavy atom. The van der Waals surface area contributed by atoms with Crippen molar-refractivity contribution in [1.29, 1.82) is 0 Å². The van der Waals surface area contributed by atoms with Crippen molar-refractivity contribution in [2.45, 2.75) is 51.0 Å². The van der Waals surface area contributed by atoms with Crippen LogP contribution in [0.2, 0.25) is 0 Å². The average molecular weight is 302 g/mol. The van der Waals surface area contributed by atoms with E-state index in [0.717, 1.165) is 37.9 Å². The number of nitrogens with zero attached hydrogens (tertiary/aromatic N) is 1. The third-order valence-corrected chi connectivity index (χ3v) is 4.60. The molecule has 1 aliphatic heterocycles. The molecule has 0 saturated carbocycles. The summed E-state index contributed by atoms with van der Waals surface area (Å²) in [4.78, 5) is 25.1. The number of urea groups is 1. The highest BCUT2D eigenvalue weighted by Crippen LogP contribution is 2.28. The largest absolute Gasteiger partial charge is 0.480 e. The van der Waals surface area contributed by atoms with E-state index in [1.54, 1.807) is 6.92 Å². The maximum atomic E-state index is 12.2. The SMILES string of the molecule is CSCCCCCNC(=O)N1CCCCC1(C)C(=O)O. The highest BCUT2D eigenvalue weighted by molar-refractivity contribution is 7.98. The van der Waals surface area contributed by atoms with Gasteiger partial charge in [-0.1, -0.05) is 6.42 Å². The Morgan fingerprint density at radius 1 is 1.30 bits per heavy atom. The fourth-order valence-corrected chi connectivity index (χ4v) is 3.00. The van der Waals surface area contributed by atoms with Crippen molar-refractivity contribution in [2.75, 3.05) is 25.1 Å². The van der Waals surface area contributed by atoms with Crippen LogP contribution in [-0.4, -0.2) is 52.6 Å². The minimum atomic E-state index is -1.05. The van der Waals surface area contributed by atoms with E-state index in [-0.39, 0.29) is 6.03 Å². The number of aliphatic carboxylic acids is 1. The molecule has 0 aromatic heterocycles. The van der Waals surface area contributed by atoms with E-state index in [1.165, 1.54) is 4.90 Å². The van der Waals surface area contributed by atoms with Gasteiger partial charge in [0.15, 0.2) is 0 Å². The number of carboxylic acids is 1. The summed E-state index contributed by atoms with van der Waals surface area (Å²) in [5.74, 6) is 0.240. The second-order valence-electron chi connectivity index (χ2n) is 5.47. The van der Waals surface area contributed by atoms with Crippen LogP contribution in [0.15, 0.2) is 0 Å². The molecule has 2 N–H and O–H groups in total. The number of hydrogen-bond acceptors (Lipinski definition) is 3. The number of carbonyl (C=O) groups is 2. The van der Waals surface area contributed by atoms with Crippen molar-refractivity contribution in [1.82, 2.24) is 10.2 Å². The van der Waals surface area contributed by atoms with E-state index in [2.05, 4.69) is 11.6 Å². The van der Waals surface area contributed by atoms with E-state index in [1.807, 2.05) is 11.8 Å². The summed E-state index contributed by atoms with van der Waals surface area (Å²) in [5.41, 5.74) is -1.05. The lowest BCUT2D eigenvalue weighted by molar-refractivity contribution is -0.150. The van der Waals surface area contributed by atoms with Crippen LogP contribution in [0.3, 0.4) is 0 Å². The number of unbranched alkanes of at least 4 members (excludes halogenated alkanes) is 2. The standard InChI is InChI=1S/C14H26N2O3S/c1-14(12(17)18)8-4-6-10-16(14)13(19)15-9-5-3-7-11-20-2/h3-11H2,1-2H3,(H,15,19)(H,17,18). The molecule has 6 heteroatoms. The fraction of sp³-hybridized carbons (Fsp3) is 0.857. The molecule has 0 spiro atoms. The normalized spacial score (nSPS) is 22.6. The van der Waals surface area contributed by atoms with Gasteiger partial charge in [0.25, 0.3) is 0 Å². The first kappa shape index (κ1) is 17.1. The second-order valence-corrected chi connectivity index (χ2v) is 6.46. The molecule has 1 rings (SSSR count). The highest BCUT2D eigenvalue weighted by atomic mass is 32.2. The van der Waals surface area contributed by atoms with E-state index in [9.17, 15) is 14.7 Å². The summed E-state index contributed by atoms with van der Waals surface area (Å²) in [7, 11) is 0. The molecule has 1 aliphatic rings. The van der Waals surface area contributed by atoms with Gasteiger partial charge in [0, 0.05) is 13.1 Å². The molecule has 1 unspecified atom stereocenters. The van der Waals surface area contributed by atoms with Crippen LogP contribution in [0.1, 0.15) is 45.4 Å². The number of nitrogens with one attached hydrogen (secondary N) is 1. The zero-order chi connectivity index (χ0) is 15.0. The summed E-state index contributed by atoms with van der Waals surface area (Å²) < 4.78 is 0. The summed E-state index contributed by atoms with van der Waals surface area (Å²) >= 11 is 1.83. The lowest BCUT2D eigenvalue weighted by atomic mass is 9.89. The molecule has 1 atom stereocenters. The molecule has 116 valence electrons. The van der Waals surface area contributed by atoms with Crippen molar-refractivity contribution in [3.05, 3.63) is 0 Å². The van der Waals surface area contributed by atoms with Crippen molar-refractivity contribution in [3.63, 3.8) is 0 Å². The third kappa shape index (κ3) is 4.58. The Bertz CT molecular complexity index is 338. The molecule has 1 fully saturated rings. The fourth-order valence-electron chi connectivity index (χ4n) is 2.51. The van der Waals surface area contributed by atoms with E-state index < -0.39 is 11.5 Å². The highest BCUT2D eigenvalue weighted by Gasteiger charge is 2.43. The molecule has 0 bridgehead atoms. The van der Waals surface area contributed by atoms with E-state index in [0.29, 0.717) is 19.5 Å². The van der Waals surface area contributed by atoms with Crippen LogP contribution in [0.25, 0.3) is 0 Å². The molecule has 1 saturated heterocycles. The molecule has 1 heterocycles.